The summed E-state index contributed by atoms with van der Waals surface area (Å²) >= 11 is 0. The molecule has 2 rings (SSSR count). The van der Waals surface area contributed by atoms with Gasteiger partial charge >= 0.3 is 0 Å². The molecule has 0 atom stereocenters. The van der Waals surface area contributed by atoms with E-state index in [-0.39, 0.29) is 0 Å². The molecule has 0 aliphatic carbocycles. The third-order valence-electron chi connectivity index (χ3n) is 2.72. The van der Waals surface area contributed by atoms with E-state index in [1.54, 1.807) is 0 Å². The summed E-state index contributed by atoms with van der Waals surface area (Å²) in [5, 5.41) is 1.09. The highest BCUT2D eigenvalue weighted by atomic mass is 16.5. The lowest BCUT2D eigenvalue weighted by Gasteiger charge is -2.08. The fourth-order valence-corrected chi connectivity index (χ4v) is 1.73. The van der Waals surface area contributed by atoms with Gasteiger partial charge in [-0.1, -0.05) is 25.5 Å². The van der Waals surface area contributed by atoms with Gasteiger partial charge in [0.15, 0.2) is 0 Å². The Morgan fingerprint density at radius 3 is 3.00 bits per heavy atom. The molecular formula is C14H18N2O. The number of fused-ring (bicyclic) bond motifs is 1. The van der Waals surface area contributed by atoms with Crippen molar-refractivity contribution < 1.29 is 4.74 Å². The average molecular weight is 230 g/mol. The molecule has 0 unspecified atom stereocenters. The van der Waals surface area contributed by atoms with E-state index in [9.17, 15) is 0 Å². The second-order valence-electron chi connectivity index (χ2n) is 4.08. The Morgan fingerprint density at radius 1 is 1.35 bits per heavy atom. The minimum absolute atomic E-state index is 0.518. The van der Waals surface area contributed by atoms with Crippen molar-refractivity contribution in [1.82, 2.24) is 4.98 Å². The molecule has 0 amide bonds. The van der Waals surface area contributed by atoms with Gasteiger partial charge in [0.05, 0.1) is 6.61 Å². The average Bonchev–Trinajstić information content (AvgIpc) is 2.38. The molecule has 0 spiro atoms. The van der Waals surface area contributed by atoms with E-state index in [4.69, 9.17) is 10.5 Å². The number of rotatable bonds is 5. The maximum absolute atomic E-state index is 5.74. The number of para-hydroxylation sites is 1. The van der Waals surface area contributed by atoms with Crippen LogP contribution in [0, 0.1) is 0 Å². The van der Waals surface area contributed by atoms with E-state index in [0.717, 1.165) is 41.7 Å². The zero-order valence-corrected chi connectivity index (χ0v) is 10.1. The molecule has 0 aliphatic rings. The predicted octanol–water partition coefficient (Wildman–Crippen LogP) is 2.87. The normalized spacial score (nSPS) is 10.7. The number of hydrogen-bond acceptors (Lipinski definition) is 3. The monoisotopic (exact) mass is 230 g/mol. The summed E-state index contributed by atoms with van der Waals surface area (Å²) in [6, 6.07) is 8.06. The van der Waals surface area contributed by atoms with Crippen LogP contribution in [0.5, 0.6) is 5.75 Å². The molecule has 2 aromatic rings. The summed E-state index contributed by atoms with van der Waals surface area (Å²) in [7, 11) is 0. The number of nitrogens with zero attached hydrogens (tertiary/aromatic N) is 1. The zero-order chi connectivity index (χ0) is 12.1. The van der Waals surface area contributed by atoms with Crippen LogP contribution in [0.1, 0.15) is 25.3 Å². The van der Waals surface area contributed by atoms with Crippen LogP contribution in [0.2, 0.25) is 0 Å². The Labute approximate surface area is 102 Å². The molecule has 1 aromatic heterocycles. The molecule has 0 radical (unpaired) electrons. The first kappa shape index (κ1) is 11.9. The molecule has 3 heteroatoms. The lowest BCUT2D eigenvalue weighted by atomic mass is 10.1. The number of nitrogens with two attached hydrogens (primary N) is 1. The van der Waals surface area contributed by atoms with Gasteiger partial charge < -0.3 is 10.5 Å². The van der Waals surface area contributed by atoms with Crippen LogP contribution < -0.4 is 10.5 Å². The molecule has 0 saturated carbocycles. The molecule has 1 aromatic carbocycles. The number of pyridine rings is 1. The zero-order valence-electron chi connectivity index (χ0n) is 10.1. The highest BCUT2D eigenvalue weighted by molar-refractivity contribution is 5.84. The van der Waals surface area contributed by atoms with Crippen molar-refractivity contribution in [1.29, 1.82) is 0 Å². The fraction of sp³-hybridized carbons (Fsp3) is 0.357. The number of ether oxygens (including phenoxy) is 1. The van der Waals surface area contributed by atoms with E-state index >= 15 is 0 Å². The van der Waals surface area contributed by atoms with E-state index in [2.05, 4.69) is 18.0 Å². The van der Waals surface area contributed by atoms with Crippen molar-refractivity contribution in [2.45, 2.75) is 26.3 Å². The maximum atomic E-state index is 5.74. The van der Waals surface area contributed by atoms with Crippen LogP contribution in [0.15, 0.2) is 30.5 Å². The summed E-state index contributed by atoms with van der Waals surface area (Å²) in [5.41, 5.74) is 7.57. The van der Waals surface area contributed by atoms with Gasteiger partial charge in [0.1, 0.15) is 11.3 Å². The van der Waals surface area contributed by atoms with Crippen LogP contribution in [0.4, 0.5) is 0 Å². The molecule has 0 fully saturated rings. The minimum atomic E-state index is 0.518. The lowest BCUT2D eigenvalue weighted by Crippen LogP contribution is -2.00. The number of unbranched alkanes of at least 4 members (excludes halogenated alkanes) is 1. The van der Waals surface area contributed by atoms with E-state index < -0.39 is 0 Å². The summed E-state index contributed by atoms with van der Waals surface area (Å²) in [4.78, 5) is 4.43. The number of benzene rings is 1. The molecule has 90 valence electrons. The quantitative estimate of drug-likeness (QED) is 0.803. The first-order chi connectivity index (χ1) is 8.35. The second-order valence-corrected chi connectivity index (χ2v) is 4.08. The Bertz CT molecular complexity index is 497. The van der Waals surface area contributed by atoms with Gasteiger partial charge in [-0.25, -0.2) is 0 Å². The van der Waals surface area contributed by atoms with Crippen molar-refractivity contribution in [2.24, 2.45) is 5.73 Å². The molecule has 3 nitrogen and oxygen atoms in total. The van der Waals surface area contributed by atoms with Crippen molar-refractivity contribution in [3.05, 3.63) is 36.0 Å². The van der Waals surface area contributed by atoms with Crippen LogP contribution in [-0.2, 0) is 6.54 Å². The SMILES string of the molecule is CCCCOc1cccc2cc(CN)cnc12. The second kappa shape index (κ2) is 5.64. The molecule has 0 saturated heterocycles. The molecular weight excluding hydrogens is 212 g/mol. The molecule has 1 heterocycles. The first-order valence-corrected chi connectivity index (χ1v) is 6.05. The summed E-state index contributed by atoms with van der Waals surface area (Å²) < 4.78 is 5.74. The Hall–Kier alpha value is -1.61. The van der Waals surface area contributed by atoms with E-state index in [1.165, 1.54) is 0 Å². The predicted molar refractivity (Wildman–Crippen MR) is 70.0 cm³/mol. The van der Waals surface area contributed by atoms with Gasteiger partial charge in [0.2, 0.25) is 0 Å². The summed E-state index contributed by atoms with van der Waals surface area (Å²) in [5.74, 6) is 0.861. The highest BCUT2D eigenvalue weighted by Crippen LogP contribution is 2.24. The van der Waals surface area contributed by atoms with Crippen molar-refractivity contribution >= 4 is 10.9 Å². The summed E-state index contributed by atoms with van der Waals surface area (Å²) in [6.45, 7) is 3.41. The standard InChI is InChI=1S/C14H18N2O/c1-2-3-7-17-13-6-4-5-12-8-11(9-15)10-16-14(12)13/h4-6,8,10H,2-3,7,9,15H2,1H3. The van der Waals surface area contributed by atoms with Crippen molar-refractivity contribution in [2.75, 3.05) is 6.61 Å². The Morgan fingerprint density at radius 2 is 2.24 bits per heavy atom. The molecule has 2 N–H and O–H groups in total. The smallest absolute Gasteiger partial charge is 0.145 e. The first-order valence-electron chi connectivity index (χ1n) is 6.05. The van der Waals surface area contributed by atoms with Crippen LogP contribution >= 0.6 is 0 Å². The van der Waals surface area contributed by atoms with Gasteiger partial charge in [-0.15, -0.1) is 0 Å². The molecule has 0 bridgehead atoms. The minimum Gasteiger partial charge on any atom is -0.491 e. The van der Waals surface area contributed by atoms with Gasteiger partial charge in [-0.2, -0.15) is 0 Å². The lowest BCUT2D eigenvalue weighted by molar-refractivity contribution is 0.312. The largest absolute Gasteiger partial charge is 0.491 e. The van der Waals surface area contributed by atoms with Gasteiger partial charge in [0, 0.05) is 18.1 Å². The summed E-state index contributed by atoms with van der Waals surface area (Å²) in [6.07, 6.45) is 4.02. The van der Waals surface area contributed by atoms with Crippen molar-refractivity contribution in [3.63, 3.8) is 0 Å². The van der Waals surface area contributed by atoms with E-state index in [0.29, 0.717) is 6.54 Å². The van der Waals surface area contributed by atoms with E-state index in [1.807, 2.05) is 24.4 Å². The topological polar surface area (TPSA) is 48.1 Å². The third kappa shape index (κ3) is 2.74. The molecule has 0 aliphatic heterocycles. The van der Waals surface area contributed by atoms with Gasteiger partial charge in [0.25, 0.3) is 0 Å². The Balaban J connectivity index is 2.30. The van der Waals surface area contributed by atoms with Gasteiger partial charge in [-0.3, -0.25) is 4.98 Å². The highest BCUT2D eigenvalue weighted by Gasteiger charge is 2.03. The van der Waals surface area contributed by atoms with Gasteiger partial charge in [-0.05, 0) is 24.1 Å². The maximum Gasteiger partial charge on any atom is 0.145 e. The van der Waals surface area contributed by atoms with Crippen LogP contribution in [-0.4, -0.2) is 11.6 Å². The number of aromatic nitrogens is 1. The Kier molecular flexibility index (Phi) is 3.94. The van der Waals surface area contributed by atoms with Crippen LogP contribution in [0.3, 0.4) is 0 Å². The fourth-order valence-electron chi connectivity index (χ4n) is 1.73. The molecule has 17 heavy (non-hydrogen) atoms. The third-order valence-corrected chi connectivity index (χ3v) is 2.72. The number of hydrogen-bond donors (Lipinski definition) is 1. The van der Waals surface area contributed by atoms with Crippen LogP contribution in [0.25, 0.3) is 10.9 Å². The van der Waals surface area contributed by atoms with Crippen molar-refractivity contribution in [3.8, 4) is 5.75 Å².